The quantitative estimate of drug-likeness (QED) is 0.913. The predicted molar refractivity (Wildman–Crippen MR) is 77.4 cm³/mol. The summed E-state index contributed by atoms with van der Waals surface area (Å²) in [5, 5.41) is 19.4. The average Bonchev–Trinajstić information content (AvgIpc) is 2.94. The van der Waals surface area contributed by atoms with E-state index >= 15 is 0 Å². The predicted octanol–water partition coefficient (Wildman–Crippen LogP) is 2.91. The van der Waals surface area contributed by atoms with Crippen LogP contribution in [-0.4, -0.2) is 20.1 Å². The third kappa shape index (κ3) is 2.14. The molecule has 2 aromatic rings. The topological polar surface area (TPSA) is 50.9 Å². The van der Waals surface area contributed by atoms with E-state index < -0.39 is 5.60 Å². The first-order valence-electron chi connectivity index (χ1n) is 7.30. The minimum atomic E-state index is -0.828. The number of aliphatic hydroxyl groups is 1. The number of rotatable bonds is 2. The molecule has 0 radical (unpaired) electrons. The van der Waals surface area contributed by atoms with E-state index in [1.54, 1.807) is 10.9 Å². The molecule has 0 amide bonds. The van der Waals surface area contributed by atoms with Gasteiger partial charge >= 0.3 is 0 Å². The lowest BCUT2D eigenvalue weighted by Gasteiger charge is -2.40. The Labute approximate surface area is 119 Å². The lowest BCUT2D eigenvalue weighted by atomic mass is 9.71. The third-order valence-corrected chi connectivity index (χ3v) is 4.58. The van der Waals surface area contributed by atoms with Crippen LogP contribution in [0.2, 0.25) is 0 Å². The van der Waals surface area contributed by atoms with Gasteiger partial charge in [0.25, 0.3) is 0 Å². The Kier molecular flexibility index (Phi) is 3.34. The maximum atomic E-state index is 11.2. The Hall–Kier alpha value is -1.68. The number of hydrogen-bond acceptors (Lipinski definition) is 3. The maximum Gasteiger partial charge on any atom is 0.111 e. The van der Waals surface area contributed by atoms with E-state index in [1.807, 2.05) is 30.3 Å². The molecule has 3 atom stereocenters. The van der Waals surface area contributed by atoms with Crippen molar-refractivity contribution in [1.82, 2.24) is 15.0 Å². The van der Waals surface area contributed by atoms with Gasteiger partial charge in [-0.05, 0) is 43.2 Å². The molecule has 1 aromatic heterocycles. The number of aromatic nitrogens is 3. The second-order valence-electron chi connectivity index (χ2n) is 6.07. The van der Waals surface area contributed by atoms with E-state index in [4.69, 9.17) is 0 Å². The Morgan fingerprint density at radius 1 is 1.25 bits per heavy atom. The van der Waals surface area contributed by atoms with Crippen LogP contribution in [0.15, 0.2) is 36.5 Å². The number of hydrogen-bond donors (Lipinski definition) is 1. The van der Waals surface area contributed by atoms with Crippen molar-refractivity contribution in [1.29, 1.82) is 0 Å². The molecule has 1 N–H and O–H groups in total. The first-order chi connectivity index (χ1) is 9.61. The second-order valence-corrected chi connectivity index (χ2v) is 6.07. The summed E-state index contributed by atoms with van der Waals surface area (Å²) < 4.78 is 1.77. The first kappa shape index (κ1) is 13.3. The summed E-state index contributed by atoms with van der Waals surface area (Å²) in [5.74, 6) is 0.888. The van der Waals surface area contributed by atoms with Gasteiger partial charge in [0.2, 0.25) is 0 Å². The number of benzene rings is 1. The maximum absolute atomic E-state index is 11.2. The fourth-order valence-corrected chi connectivity index (χ4v) is 3.30. The van der Waals surface area contributed by atoms with Crippen molar-refractivity contribution in [3.8, 4) is 5.69 Å². The smallest absolute Gasteiger partial charge is 0.111 e. The first-order valence-corrected chi connectivity index (χ1v) is 7.30. The van der Waals surface area contributed by atoms with Gasteiger partial charge in [0.05, 0.1) is 17.6 Å². The molecule has 4 nitrogen and oxygen atoms in total. The number of nitrogens with zero attached hydrogens (tertiary/aromatic N) is 3. The summed E-state index contributed by atoms with van der Waals surface area (Å²) in [6.07, 6.45) is 4.56. The zero-order valence-corrected chi connectivity index (χ0v) is 12.0. The molecule has 1 aliphatic rings. The fraction of sp³-hybridized carbons (Fsp3) is 0.500. The summed E-state index contributed by atoms with van der Waals surface area (Å²) in [6.45, 7) is 4.38. The molecule has 0 aliphatic heterocycles. The molecule has 3 rings (SSSR count). The van der Waals surface area contributed by atoms with Gasteiger partial charge in [-0.2, -0.15) is 0 Å². The minimum absolute atomic E-state index is 0.215. The van der Waals surface area contributed by atoms with Gasteiger partial charge in [-0.1, -0.05) is 37.3 Å². The van der Waals surface area contributed by atoms with E-state index in [0.29, 0.717) is 5.92 Å². The number of para-hydroxylation sites is 1. The van der Waals surface area contributed by atoms with Crippen LogP contribution in [0.25, 0.3) is 5.69 Å². The molecule has 20 heavy (non-hydrogen) atoms. The van der Waals surface area contributed by atoms with Crippen LogP contribution in [0, 0.1) is 11.8 Å². The molecule has 0 spiro atoms. The third-order valence-electron chi connectivity index (χ3n) is 4.58. The summed E-state index contributed by atoms with van der Waals surface area (Å²) in [6, 6.07) is 9.88. The van der Waals surface area contributed by atoms with Crippen molar-refractivity contribution in [2.24, 2.45) is 11.8 Å². The van der Waals surface area contributed by atoms with Crippen LogP contribution in [-0.2, 0) is 5.60 Å². The molecule has 1 heterocycles. The van der Waals surface area contributed by atoms with Crippen LogP contribution < -0.4 is 0 Å². The lowest BCUT2D eigenvalue weighted by Crippen LogP contribution is -2.40. The Morgan fingerprint density at radius 2 is 2.00 bits per heavy atom. The highest BCUT2D eigenvalue weighted by atomic mass is 16.3. The molecule has 3 unspecified atom stereocenters. The van der Waals surface area contributed by atoms with Crippen LogP contribution in [0.5, 0.6) is 0 Å². The van der Waals surface area contributed by atoms with E-state index in [2.05, 4.69) is 24.2 Å². The summed E-state index contributed by atoms with van der Waals surface area (Å²) in [4.78, 5) is 0. The van der Waals surface area contributed by atoms with Crippen molar-refractivity contribution in [2.45, 2.75) is 38.7 Å². The van der Waals surface area contributed by atoms with E-state index in [0.717, 1.165) is 30.6 Å². The van der Waals surface area contributed by atoms with E-state index in [9.17, 15) is 5.11 Å². The van der Waals surface area contributed by atoms with Gasteiger partial charge in [-0.15, -0.1) is 5.10 Å². The summed E-state index contributed by atoms with van der Waals surface area (Å²) in [5.41, 5.74) is 0.925. The van der Waals surface area contributed by atoms with E-state index in [1.165, 1.54) is 0 Å². The van der Waals surface area contributed by atoms with Crippen LogP contribution in [0.1, 0.15) is 38.8 Å². The molecule has 4 heteroatoms. The van der Waals surface area contributed by atoms with Gasteiger partial charge in [0.1, 0.15) is 5.60 Å². The second kappa shape index (κ2) is 5.02. The highest BCUT2D eigenvalue weighted by molar-refractivity contribution is 5.33. The molecule has 0 bridgehead atoms. The molecule has 1 aromatic carbocycles. The van der Waals surface area contributed by atoms with Crippen LogP contribution in [0.3, 0.4) is 0 Å². The molecular formula is C16H21N3O. The van der Waals surface area contributed by atoms with Crippen LogP contribution in [0.4, 0.5) is 0 Å². The van der Waals surface area contributed by atoms with Gasteiger partial charge < -0.3 is 5.11 Å². The Morgan fingerprint density at radius 3 is 2.70 bits per heavy atom. The molecule has 1 aliphatic carbocycles. The van der Waals surface area contributed by atoms with Gasteiger partial charge in [-0.25, -0.2) is 4.68 Å². The van der Waals surface area contributed by atoms with Crippen molar-refractivity contribution < 1.29 is 5.11 Å². The zero-order valence-electron chi connectivity index (χ0n) is 12.0. The SMILES string of the molecule is CC1CCC(O)(c2cnnn2-c2ccccc2)C(C)C1. The summed E-state index contributed by atoms with van der Waals surface area (Å²) in [7, 11) is 0. The monoisotopic (exact) mass is 271 g/mol. The molecule has 1 fully saturated rings. The lowest BCUT2D eigenvalue weighted by molar-refractivity contribution is -0.0639. The van der Waals surface area contributed by atoms with E-state index in [-0.39, 0.29) is 5.92 Å². The molecular weight excluding hydrogens is 250 g/mol. The largest absolute Gasteiger partial charge is 0.383 e. The van der Waals surface area contributed by atoms with Crippen molar-refractivity contribution >= 4 is 0 Å². The van der Waals surface area contributed by atoms with Crippen molar-refractivity contribution in [3.63, 3.8) is 0 Å². The molecule has 106 valence electrons. The van der Waals surface area contributed by atoms with Gasteiger partial charge in [0.15, 0.2) is 0 Å². The molecule has 0 saturated heterocycles. The van der Waals surface area contributed by atoms with Gasteiger partial charge in [-0.3, -0.25) is 0 Å². The minimum Gasteiger partial charge on any atom is -0.383 e. The Bertz CT molecular complexity index is 580. The standard InChI is InChI=1S/C16H21N3O/c1-12-8-9-16(20,13(2)10-12)15-11-17-18-19(15)14-6-4-3-5-7-14/h3-7,11-13,20H,8-10H2,1-2H3. The molecule has 1 saturated carbocycles. The average molecular weight is 271 g/mol. The zero-order chi connectivity index (χ0) is 14.2. The Balaban J connectivity index is 2.01. The van der Waals surface area contributed by atoms with Gasteiger partial charge in [0, 0.05) is 0 Å². The highest BCUT2D eigenvalue weighted by Gasteiger charge is 2.42. The highest BCUT2D eigenvalue weighted by Crippen LogP contribution is 2.43. The van der Waals surface area contributed by atoms with Crippen molar-refractivity contribution in [2.75, 3.05) is 0 Å². The fourth-order valence-electron chi connectivity index (χ4n) is 3.30. The van der Waals surface area contributed by atoms with Crippen molar-refractivity contribution in [3.05, 3.63) is 42.2 Å². The summed E-state index contributed by atoms with van der Waals surface area (Å²) >= 11 is 0. The normalized spacial score (nSPS) is 30.4. The van der Waals surface area contributed by atoms with Crippen LogP contribution >= 0.6 is 0 Å².